The van der Waals surface area contributed by atoms with Crippen LogP contribution in [-0.2, 0) is 9.47 Å². The summed E-state index contributed by atoms with van der Waals surface area (Å²) in [6.45, 7) is 7.47. The number of likely N-dealkylation sites (N-methyl/N-ethyl adjacent to an activating group) is 1. The number of ether oxygens (including phenoxy) is 2. The summed E-state index contributed by atoms with van der Waals surface area (Å²) in [5.41, 5.74) is 0. The number of rotatable bonds is 7. The zero-order valence-electron chi connectivity index (χ0n) is 8.59. The lowest BCUT2D eigenvalue weighted by Crippen LogP contribution is -2.40. The van der Waals surface area contributed by atoms with Crippen LogP contribution in [-0.4, -0.2) is 32.6 Å². The zero-order valence-corrected chi connectivity index (χ0v) is 8.59. The molecule has 1 unspecified atom stereocenters. The van der Waals surface area contributed by atoms with Crippen LogP contribution < -0.4 is 5.32 Å². The summed E-state index contributed by atoms with van der Waals surface area (Å²) in [6.07, 6.45) is 0.913. The van der Waals surface area contributed by atoms with E-state index in [9.17, 15) is 0 Å². The van der Waals surface area contributed by atoms with Crippen molar-refractivity contribution < 1.29 is 9.47 Å². The summed E-state index contributed by atoms with van der Waals surface area (Å²) < 4.78 is 10.9. The molecule has 1 N–H and O–H groups in total. The normalized spacial score (nSPS) is 13.8. The Bertz CT molecular complexity index is 88.5. The second-order valence-electron chi connectivity index (χ2n) is 2.58. The Kier molecular flexibility index (Phi) is 7.45. The van der Waals surface area contributed by atoms with Crippen LogP contribution in [0.4, 0.5) is 0 Å². The summed E-state index contributed by atoms with van der Waals surface area (Å²) in [5, 5.41) is 3.17. The maximum absolute atomic E-state index is 5.44. The van der Waals surface area contributed by atoms with Crippen molar-refractivity contribution in [1.82, 2.24) is 5.32 Å². The number of hydrogen-bond donors (Lipinski definition) is 1. The third-order valence-corrected chi connectivity index (χ3v) is 1.80. The molecule has 0 spiro atoms. The van der Waals surface area contributed by atoms with Gasteiger partial charge in [-0.3, -0.25) is 0 Å². The molecule has 0 saturated heterocycles. The van der Waals surface area contributed by atoms with E-state index in [-0.39, 0.29) is 6.29 Å². The van der Waals surface area contributed by atoms with Crippen LogP contribution in [0.5, 0.6) is 0 Å². The maximum atomic E-state index is 5.44. The number of hydrogen-bond acceptors (Lipinski definition) is 3. The third-order valence-electron chi connectivity index (χ3n) is 1.80. The summed E-state index contributed by atoms with van der Waals surface area (Å²) in [7, 11) is 1.93. The minimum absolute atomic E-state index is 0.102. The van der Waals surface area contributed by atoms with E-state index >= 15 is 0 Å². The maximum Gasteiger partial charge on any atom is 0.172 e. The molecule has 0 aliphatic heterocycles. The molecule has 0 bridgehead atoms. The molecule has 0 amide bonds. The molecule has 0 saturated carbocycles. The fourth-order valence-electron chi connectivity index (χ4n) is 1.14. The molecular formula is C9H21NO2. The Morgan fingerprint density at radius 1 is 1.08 bits per heavy atom. The van der Waals surface area contributed by atoms with Crippen LogP contribution in [0.2, 0.25) is 0 Å². The zero-order chi connectivity index (χ0) is 9.40. The average Bonchev–Trinajstić information content (AvgIpc) is 2.07. The second kappa shape index (κ2) is 7.53. The van der Waals surface area contributed by atoms with Gasteiger partial charge >= 0.3 is 0 Å². The van der Waals surface area contributed by atoms with Gasteiger partial charge in [0.15, 0.2) is 6.29 Å². The Morgan fingerprint density at radius 3 is 1.83 bits per heavy atom. The minimum Gasteiger partial charge on any atom is -0.351 e. The van der Waals surface area contributed by atoms with Gasteiger partial charge in [0.1, 0.15) is 0 Å². The molecule has 0 aliphatic carbocycles. The van der Waals surface area contributed by atoms with Crippen molar-refractivity contribution in [3.8, 4) is 0 Å². The van der Waals surface area contributed by atoms with Crippen molar-refractivity contribution in [3.63, 3.8) is 0 Å². The Balaban J connectivity index is 3.86. The van der Waals surface area contributed by atoms with Crippen LogP contribution in [0.15, 0.2) is 0 Å². The van der Waals surface area contributed by atoms with Gasteiger partial charge in [-0.25, -0.2) is 0 Å². The predicted octanol–water partition coefficient (Wildman–Crippen LogP) is 1.38. The molecule has 0 rings (SSSR count). The van der Waals surface area contributed by atoms with Crippen LogP contribution >= 0.6 is 0 Å². The smallest absolute Gasteiger partial charge is 0.172 e. The molecular weight excluding hydrogens is 154 g/mol. The lowest BCUT2D eigenvalue weighted by Gasteiger charge is -2.25. The van der Waals surface area contributed by atoms with Crippen molar-refractivity contribution in [2.24, 2.45) is 0 Å². The average molecular weight is 175 g/mol. The lowest BCUT2D eigenvalue weighted by atomic mass is 10.2. The van der Waals surface area contributed by atoms with Gasteiger partial charge in [-0.15, -0.1) is 0 Å². The number of nitrogens with one attached hydrogen (secondary N) is 1. The van der Waals surface area contributed by atoms with Gasteiger partial charge in [-0.1, -0.05) is 6.92 Å². The van der Waals surface area contributed by atoms with Crippen molar-refractivity contribution in [2.75, 3.05) is 20.3 Å². The van der Waals surface area contributed by atoms with E-state index in [0.29, 0.717) is 19.3 Å². The fraction of sp³-hybridized carbons (Fsp3) is 1.00. The fourth-order valence-corrected chi connectivity index (χ4v) is 1.14. The van der Waals surface area contributed by atoms with Gasteiger partial charge in [-0.2, -0.15) is 0 Å². The first-order valence-corrected chi connectivity index (χ1v) is 4.70. The highest BCUT2D eigenvalue weighted by molar-refractivity contribution is 4.66. The molecule has 3 heteroatoms. The van der Waals surface area contributed by atoms with Gasteiger partial charge < -0.3 is 14.8 Å². The molecule has 0 heterocycles. The molecule has 0 aromatic carbocycles. The minimum atomic E-state index is -0.102. The Morgan fingerprint density at radius 2 is 1.58 bits per heavy atom. The molecule has 1 atom stereocenters. The van der Waals surface area contributed by atoms with E-state index in [4.69, 9.17) is 9.47 Å². The third kappa shape index (κ3) is 4.04. The van der Waals surface area contributed by atoms with Crippen molar-refractivity contribution in [1.29, 1.82) is 0 Å². The van der Waals surface area contributed by atoms with E-state index in [0.717, 1.165) is 6.42 Å². The molecule has 0 aromatic rings. The van der Waals surface area contributed by atoms with Gasteiger partial charge in [-0.05, 0) is 27.3 Å². The summed E-state index contributed by atoms with van der Waals surface area (Å²) in [6, 6.07) is 0.296. The SMILES string of the molecule is CCOC(OCC)C(CC)NC. The van der Waals surface area contributed by atoms with Crippen LogP contribution in [0.1, 0.15) is 27.2 Å². The van der Waals surface area contributed by atoms with Crippen molar-refractivity contribution in [2.45, 2.75) is 39.5 Å². The Labute approximate surface area is 75.4 Å². The summed E-state index contributed by atoms with van der Waals surface area (Å²) in [5.74, 6) is 0. The van der Waals surface area contributed by atoms with Crippen LogP contribution in [0, 0.1) is 0 Å². The van der Waals surface area contributed by atoms with E-state index in [1.54, 1.807) is 0 Å². The molecule has 12 heavy (non-hydrogen) atoms. The van der Waals surface area contributed by atoms with E-state index in [2.05, 4.69) is 12.2 Å². The quantitative estimate of drug-likeness (QED) is 0.593. The standard InChI is InChI=1S/C9H21NO2/c1-5-8(10-4)9(11-6-2)12-7-3/h8-10H,5-7H2,1-4H3. The Hall–Kier alpha value is -0.120. The van der Waals surface area contributed by atoms with Gasteiger partial charge in [0.05, 0.1) is 6.04 Å². The summed E-state index contributed by atoms with van der Waals surface area (Å²) in [4.78, 5) is 0. The highest BCUT2D eigenvalue weighted by Crippen LogP contribution is 2.04. The van der Waals surface area contributed by atoms with Gasteiger partial charge in [0.2, 0.25) is 0 Å². The topological polar surface area (TPSA) is 30.5 Å². The first-order chi connectivity index (χ1) is 5.79. The van der Waals surface area contributed by atoms with Crippen LogP contribution in [0.25, 0.3) is 0 Å². The van der Waals surface area contributed by atoms with E-state index in [1.165, 1.54) is 0 Å². The predicted molar refractivity (Wildman–Crippen MR) is 50.2 cm³/mol. The largest absolute Gasteiger partial charge is 0.351 e. The molecule has 0 aliphatic rings. The first-order valence-electron chi connectivity index (χ1n) is 4.70. The first kappa shape index (κ1) is 11.9. The van der Waals surface area contributed by atoms with Gasteiger partial charge in [0, 0.05) is 13.2 Å². The second-order valence-corrected chi connectivity index (χ2v) is 2.58. The molecule has 3 nitrogen and oxygen atoms in total. The molecule has 0 radical (unpaired) electrons. The van der Waals surface area contributed by atoms with Crippen molar-refractivity contribution in [3.05, 3.63) is 0 Å². The lowest BCUT2D eigenvalue weighted by molar-refractivity contribution is -0.153. The molecule has 0 fully saturated rings. The van der Waals surface area contributed by atoms with Crippen molar-refractivity contribution >= 4 is 0 Å². The van der Waals surface area contributed by atoms with E-state index < -0.39 is 0 Å². The highest BCUT2D eigenvalue weighted by atomic mass is 16.7. The van der Waals surface area contributed by atoms with E-state index in [1.807, 2.05) is 20.9 Å². The summed E-state index contributed by atoms with van der Waals surface area (Å²) >= 11 is 0. The monoisotopic (exact) mass is 175 g/mol. The molecule has 74 valence electrons. The van der Waals surface area contributed by atoms with Gasteiger partial charge in [0.25, 0.3) is 0 Å². The van der Waals surface area contributed by atoms with Crippen LogP contribution in [0.3, 0.4) is 0 Å². The molecule has 0 aromatic heterocycles. The highest BCUT2D eigenvalue weighted by Gasteiger charge is 2.17.